The Hall–Kier alpha value is -2.54. The van der Waals surface area contributed by atoms with Crippen LogP contribution in [-0.4, -0.2) is 27.3 Å². The van der Waals surface area contributed by atoms with E-state index in [0.717, 1.165) is 5.69 Å². The summed E-state index contributed by atoms with van der Waals surface area (Å²) in [6.45, 7) is 0.650. The number of carbonyl (C=O) groups is 1. The smallest absolute Gasteiger partial charge is 0.287 e. The summed E-state index contributed by atoms with van der Waals surface area (Å²) in [6, 6.07) is 5.70. The van der Waals surface area contributed by atoms with E-state index in [1.807, 2.05) is 0 Å². The minimum absolute atomic E-state index is 0.111. The summed E-state index contributed by atoms with van der Waals surface area (Å²) in [4.78, 5) is 28.4. The average Bonchev–Trinajstić information content (AvgIpc) is 2.57. The lowest BCUT2D eigenvalue weighted by Crippen LogP contribution is -2.37. The summed E-state index contributed by atoms with van der Waals surface area (Å²) in [5, 5.41) is 11.1. The average molecular weight is 350 g/mol. The van der Waals surface area contributed by atoms with Gasteiger partial charge < -0.3 is 4.90 Å². The van der Waals surface area contributed by atoms with Gasteiger partial charge in [-0.1, -0.05) is 17.7 Å². The van der Waals surface area contributed by atoms with E-state index in [9.17, 15) is 19.3 Å². The van der Waals surface area contributed by atoms with Crippen molar-refractivity contribution in [2.45, 2.75) is 19.4 Å². The number of nitro groups is 1. The Bertz CT molecular complexity index is 808. The van der Waals surface area contributed by atoms with Crippen LogP contribution < -0.4 is 0 Å². The van der Waals surface area contributed by atoms with Crippen molar-refractivity contribution in [3.8, 4) is 0 Å². The van der Waals surface area contributed by atoms with Crippen molar-refractivity contribution in [3.63, 3.8) is 0 Å². The van der Waals surface area contributed by atoms with Crippen molar-refractivity contribution < 1.29 is 14.1 Å². The molecule has 1 amide bonds. The van der Waals surface area contributed by atoms with Gasteiger partial charge in [0.05, 0.1) is 11.3 Å². The van der Waals surface area contributed by atoms with Gasteiger partial charge in [-0.05, 0) is 17.7 Å². The normalized spacial score (nSPS) is 13.5. The van der Waals surface area contributed by atoms with Gasteiger partial charge in [-0.15, -0.1) is 0 Å². The Morgan fingerprint density at radius 3 is 2.96 bits per heavy atom. The molecule has 124 valence electrons. The van der Waals surface area contributed by atoms with Crippen LogP contribution in [0.4, 0.5) is 10.1 Å². The number of carbonyl (C=O) groups excluding carboxylic acids is 1. The maximum atomic E-state index is 13.8. The second-order valence-electron chi connectivity index (χ2n) is 5.50. The summed E-state index contributed by atoms with van der Waals surface area (Å²) >= 11 is 5.95. The molecule has 0 unspecified atom stereocenters. The number of hydrogen-bond donors (Lipinski definition) is 0. The molecule has 0 saturated carbocycles. The highest BCUT2D eigenvalue weighted by atomic mass is 35.5. The van der Waals surface area contributed by atoms with Gasteiger partial charge in [0, 0.05) is 41.9 Å². The van der Waals surface area contributed by atoms with Gasteiger partial charge in [0.15, 0.2) is 0 Å². The lowest BCUT2D eigenvalue weighted by Gasteiger charge is -2.28. The summed E-state index contributed by atoms with van der Waals surface area (Å²) in [5.74, 6) is -0.801. The molecule has 1 aliphatic rings. The molecule has 2 heterocycles. The molecule has 0 saturated heterocycles. The second kappa shape index (κ2) is 6.52. The standard InChI is InChI=1S/C16H13ClFN3O3/c17-13-2-1-3-14(18)12(13)7-16(22)20-5-4-15-10(9-20)6-11(8-19-15)21(23)24/h1-3,6,8H,4-5,7,9H2. The molecule has 2 aromatic rings. The fraction of sp³-hybridized carbons (Fsp3) is 0.250. The molecule has 0 N–H and O–H groups in total. The van der Waals surface area contributed by atoms with E-state index in [1.54, 1.807) is 0 Å². The van der Waals surface area contributed by atoms with Crippen molar-refractivity contribution >= 4 is 23.2 Å². The third kappa shape index (κ3) is 3.21. The van der Waals surface area contributed by atoms with Gasteiger partial charge in [0.1, 0.15) is 12.0 Å². The molecule has 1 aromatic carbocycles. The molecule has 24 heavy (non-hydrogen) atoms. The number of nitrogens with zero attached hydrogens (tertiary/aromatic N) is 3. The number of hydrogen-bond acceptors (Lipinski definition) is 4. The van der Waals surface area contributed by atoms with Crippen LogP contribution in [0.1, 0.15) is 16.8 Å². The SMILES string of the molecule is O=C(Cc1c(F)cccc1Cl)N1CCc2ncc([N+](=O)[O-])cc2C1. The monoisotopic (exact) mass is 349 g/mol. The van der Waals surface area contributed by atoms with Crippen LogP contribution in [0.2, 0.25) is 5.02 Å². The van der Waals surface area contributed by atoms with E-state index in [1.165, 1.54) is 35.4 Å². The Balaban J connectivity index is 1.78. The Kier molecular flexibility index (Phi) is 4.44. The summed E-state index contributed by atoms with van der Waals surface area (Å²) in [6.07, 6.45) is 1.57. The number of halogens is 2. The molecule has 3 rings (SSSR count). The number of amides is 1. The fourth-order valence-corrected chi connectivity index (χ4v) is 2.92. The van der Waals surface area contributed by atoms with Gasteiger partial charge >= 0.3 is 0 Å². The summed E-state index contributed by atoms with van der Waals surface area (Å²) in [5.41, 5.74) is 1.43. The van der Waals surface area contributed by atoms with Crippen molar-refractivity contribution in [1.82, 2.24) is 9.88 Å². The van der Waals surface area contributed by atoms with Crippen molar-refractivity contribution in [3.05, 3.63) is 68.2 Å². The van der Waals surface area contributed by atoms with Gasteiger partial charge in [-0.3, -0.25) is 19.9 Å². The predicted octanol–water partition coefficient (Wildman–Crippen LogP) is 2.91. The molecule has 0 fully saturated rings. The van der Waals surface area contributed by atoms with Crippen molar-refractivity contribution in [2.24, 2.45) is 0 Å². The van der Waals surface area contributed by atoms with Crippen molar-refractivity contribution in [1.29, 1.82) is 0 Å². The molecule has 0 bridgehead atoms. The van der Waals surface area contributed by atoms with Crippen LogP contribution in [0.5, 0.6) is 0 Å². The number of aromatic nitrogens is 1. The number of benzene rings is 1. The van der Waals surface area contributed by atoms with Crippen LogP contribution >= 0.6 is 11.6 Å². The maximum Gasteiger partial charge on any atom is 0.287 e. The third-order valence-corrected chi connectivity index (χ3v) is 4.33. The van der Waals surface area contributed by atoms with Crippen LogP contribution in [0, 0.1) is 15.9 Å². The summed E-state index contributed by atoms with van der Waals surface area (Å²) in [7, 11) is 0. The van der Waals surface area contributed by atoms with Crippen LogP contribution in [0.3, 0.4) is 0 Å². The number of pyridine rings is 1. The van der Waals surface area contributed by atoms with Gasteiger partial charge in [-0.2, -0.15) is 0 Å². The molecule has 6 nitrogen and oxygen atoms in total. The minimum atomic E-state index is -0.523. The topological polar surface area (TPSA) is 76.3 Å². The second-order valence-corrected chi connectivity index (χ2v) is 5.91. The molecule has 8 heteroatoms. The Morgan fingerprint density at radius 1 is 1.46 bits per heavy atom. The van der Waals surface area contributed by atoms with Crippen LogP contribution in [0.15, 0.2) is 30.5 Å². The van der Waals surface area contributed by atoms with E-state index in [4.69, 9.17) is 11.6 Å². The lowest BCUT2D eigenvalue weighted by molar-refractivity contribution is -0.385. The molecule has 0 radical (unpaired) electrons. The predicted molar refractivity (Wildman–Crippen MR) is 85.1 cm³/mol. The highest BCUT2D eigenvalue weighted by Crippen LogP contribution is 2.24. The molecule has 0 atom stereocenters. The van der Waals surface area contributed by atoms with Crippen LogP contribution in [0.25, 0.3) is 0 Å². The molecule has 0 spiro atoms. The van der Waals surface area contributed by atoms with Crippen molar-refractivity contribution in [2.75, 3.05) is 6.54 Å². The first-order valence-electron chi connectivity index (χ1n) is 7.28. The Labute approximate surface area is 142 Å². The van der Waals surface area contributed by atoms with E-state index in [-0.39, 0.29) is 35.1 Å². The largest absolute Gasteiger partial charge is 0.338 e. The maximum absolute atomic E-state index is 13.8. The molecular weight excluding hydrogens is 337 g/mol. The quantitative estimate of drug-likeness (QED) is 0.630. The van der Waals surface area contributed by atoms with Gasteiger partial charge in [0.25, 0.3) is 5.69 Å². The zero-order chi connectivity index (χ0) is 17.3. The third-order valence-electron chi connectivity index (χ3n) is 3.98. The Morgan fingerprint density at radius 2 is 2.25 bits per heavy atom. The zero-order valence-corrected chi connectivity index (χ0v) is 13.3. The highest BCUT2D eigenvalue weighted by Gasteiger charge is 2.24. The zero-order valence-electron chi connectivity index (χ0n) is 12.5. The molecule has 1 aliphatic heterocycles. The van der Waals surface area contributed by atoms with Crippen LogP contribution in [-0.2, 0) is 24.2 Å². The first-order valence-corrected chi connectivity index (χ1v) is 7.66. The highest BCUT2D eigenvalue weighted by molar-refractivity contribution is 6.31. The minimum Gasteiger partial charge on any atom is -0.338 e. The molecular formula is C16H13ClFN3O3. The van der Waals surface area contributed by atoms with Gasteiger partial charge in [-0.25, -0.2) is 4.39 Å². The fourth-order valence-electron chi connectivity index (χ4n) is 2.69. The molecule has 1 aromatic heterocycles. The summed E-state index contributed by atoms with van der Waals surface area (Å²) < 4.78 is 13.8. The number of rotatable bonds is 3. The molecule has 0 aliphatic carbocycles. The van der Waals surface area contributed by atoms with E-state index >= 15 is 0 Å². The first kappa shape index (κ1) is 16.3. The van der Waals surface area contributed by atoms with Gasteiger partial charge in [0.2, 0.25) is 5.91 Å². The van der Waals surface area contributed by atoms with E-state index < -0.39 is 10.7 Å². The lowest BCUT2D eigenvalue weighted by atomic mass is 10.0. The van der Waals surface area contributed by atoms with E-state index in [0.29, 0.717) is 18.5 Å². The van der Waals surface area contributed by atoms with E-state index in [2.05, 4.69) is 4.98 Å². The number of fused-ring (bicyclic) bond motifs is 1. The first-order chi connectivity index (χ1) is 11.5.